The third-order valence-corrected chi connectivity index (χ3v) is 5.18. The molecular formula is C21H19BrN2O2. The van der Waals surface area contributed by atoms with Gasteiger partial charge < -0.3 is 4.74 Å². The van der Waals surface area contributed by atoms with Crippen LogP contribution in [-0.4, -0.2) is 15.7 Å². The van der Waals surface area contributed by atoms with Crippen LogP contribution in [0.4, 0.5) is 0 Å². The average molecular weight is 411 g/mol. The molecule has 0 saturated heterocycles. The van der Waals surface area contributed by atoms with Crippen LogP contribution in [0.2, 0.25) is 0 Å². The molecule has 5 heteroatoms. The van der Waals surface area contributed by atoms with E-state index in [0.717, 1.165) is 16.5 Å². The average Bonchev–Trinajstić information content (AvgIpc) is 3.34. The molecule has 1 aromatic heterocycles. The smallest absolute Gasteiger partial charge is 0.309 e. The standard InChI is InChI=1S/C21H19BrN2O2/c22-18-8-6-17(7-9-18)19-10-20(19)21(25)26-14-16-11-23-24(13-16)12-15-4-2-1-3-5-15/h1-9,11,13,19-20H,10,12,14H2/t19-,20+/m0/s1. The van der Waals surface area contributed by atoms with E-state index in [2.05, 4.69) is 45.3 Å². The van der Waals surface area contributed by atoms with Crippen LogP contribution in [0.5, 0.6) is 0 Å². The zero-order valence-electron chi connectivity index (χ0n) is 14.2. The Labute approximate surface area is 160 Å². The number of carbonyl (C=O) groups excluding carboxylic acids is 1. The van der Waals surface area contributed by atoms with Gasteiger partial charge in [0.05, 0.1) is 18.7 Å². The predicted octanol–water partition coefficient (Wildman–Crippen LogP) is 4.54. The molecule has 1 aliphatic carbocycles. The minimum atomic E-state index is -0.117. The van der Waals surface area contributed by atoms with Crippen LogP contribution in [0.25, 0.3) is 0 Å². The predicted molar refractivity (Wildman–Crippen MR) is 103 cm³/mol. The molecule has 132 valence electrons. The minimum absolute atomic E-state index is 0.0180. The summed E-state index contributed by atoms with van der Waals surface area (Å²) in [4.78, 5) is 12.3. The highest BCUT2D eigenvalue weighted by atomic mass is 79.9. The molecule has 0 spiro atoms. The van der Waals surface area contributed by atoms with Crippen LogP contribution in [-0.2, 0) is 22.7 Å². The summed E-state index contributed by atoms with van der Waals surface area (Å²) in [5.41, 5.74) is 3.30. The number of halogens is 1. The first-order chi connectivity index (χ1) is 12.7. The number of carbonyl (C=O) groups is 1. The van der Waals surface area contributed by atoms with Crippen LogP contribution in [0.3, 0.4) is 0 Å². The maximum absolute atomic E-state index is 12.3. The Balaban J connectivity index is 1.28. The molecule has 2 atom stereocenters. The quantitative estimate of drug-likeness (QED) is 0.560. The molecule has 1 aliphatic rings. The van der Waals surface area contributed by atoms with E-state index in [9.17, 15) is 4.79 Å². The van der Waals surface area contributed by atoms with Crippen molar-refractivity contribution in [3.63, 3.8) is 0 Å². The van der Waals surface area contributed by atoms with Crippen LogP contribution < -0.4 is 0 Å². The number of hydrogen-bond donors (Lipinski definition) is 0. The normalized spacial score (nSPS) is 18.5. The van der Waals surface area contributed by atoms with Gasteiger partial charge in [0, 0.05) is 16.2 Å². The maximum atomic E-state index is 12.3. The summed E-state index contributed by atoms with van der Waals surface area (Å²) in [6.45, 7) is 0.986. The Kier molecular flexibility index (Phi) is 4.89. The highest BCUT2D eigenvalue weighted by molar-refractivity contribution is 9.10. The Morgan fingerprint density at radius 3 is 2.65 bits per heavy atom. The van der Waals surface area contributed by atoms with Crippen molar-refractivity contribution in [2.45, 2.75) is 25.5 Å². The number of benzene rings is 2. The molecule has 0 N–H and O–H groups in total. The zero-order valence-corrected chi connectivity index (χ0v) is 15.8. The van der Waals surface area contributed by atoms with Gasteiger partial charge in [-0.1, -0.05) is 58.4 Å². The lowest BCUT2D eigenvalue weighted by atomic mass is 10.1. The second kappa shape index (κ2) is 7.46. The number of nitrogens with zero attached hydrogens (tertiary/aromatic N) is 2. The molecular weight excluding hydrogens is 392 g/mol. The Bertz CT molecular complexity index is 890. The van der Waals surface area contributed by atoms with E-state index in [-0.39, 0.29) is 24.4 Å². The lowest BCUT2D eigenvalue weighted by Crippen LogP contribution is -2.07. The van der Waals surface area contributed by atoms with Gasteiger partial charge in [-0.25, -0.2) is 0 Å². The van der Waals surface area contributed by atoms with Gasteiger partial charge in [0.15, 0.2) is 0 Å². The Hall–Kier alpha value is -2.40. The lowest BCUT2D eigenvalue weighted by Gasteiger charge is -2.04. The molecule has 0 bridgehead atoms. The van der Waals surface area contributed by atoms with Crippen molar-refractivity contribution in [1.29, 1.82) is 0 Å². The molecule has 3 aromatic rings. The molecule has 1 saturated carbocycles. The zero-order chi connectivity index (χ0) is 17.9. The number of esters is 1. The van der Waals surface area contributed by atoms with Crippen molar-refractivity contribution in [3.8, 4) is 0 Å². The Morgan fingerprint density at radius 1 is 1.12 bits per heavy atom. The van der Waals surface area contributed by atoms with E-state index < -0.39 is 0 Å². The van der Waals surface area contributed by atoms with E-state index in [0.29, 0.717) is 6.54 Å². The molecule has 0 aliphatic heterocycles. The Morgan fingerprint density at radius 2 is 1.88 bits per heavy atom. The fourth-order valence-electron chi connectivity index (χ4n) is 3.13. The highest BCUT2D eigenvalue weighted by Crippen LogP contribution is 2.48. The van der Waals surface area contributed by atoms with Crippen molar-refractivity contribution < 1.29 is 9.53 Å². The summed E-state index contributed by atoms with van der Waals surface area (Å²) >= 11 is 3.43. The van der Waals surface area contributed by atoms with E-state index in [1.54, 1.807) is 6.20 Å². The second-order valence-electron chi connectivity index (χ2n) is 6.64. The van der Waals surface area contributed by atoms with Gasteiger partial charge in [-0.3, -0.25) is 9.48 Å². The van der Waals surface area contributed by atoms with Gasteiger partial charge in [0.1, 0.15) is 6.61 Å². The van der Waals surface area contributed by atoms with Gasteiger partial charge in [-0.15, -0.1) is 0 Å². The highest BCUT2D eigenvalue weighted by Gasteiger charge is 2.45. The number of rotatable bonds is 6. The van der Waals surface area contributed by atoms with Gasteiger partial charge in [0.2, 0.25) is 0 Å². The fourth-order valence-corrected chi connectivity index (χ4v) is 3.40. The topological polar surface area (TPSA) is 44.1 Å². The van der Waals surface area contributed by atoms with E-state index in [1.165, 1.54) is 11.1 Å². The minimum Gasteiger partial charge on any atom is -0.460 e. The van der Waals surface area contributed by atoms with Gasteiger partial charge >= 0.3 is 5.97 Å². The van der Waals surface area contributed by atoms with Crippen molar-refractivity contribution in [2.24, 2.45) is 5.92 Å². The molecule has 2 aromatic carbocycles. The van der Waals surface area contributed by atoms with E-state index >= 15 is 0 Å². The molecule has 1 fully saturated rings. The number of ether oxygens (including phenoxy) is 1. The molecule has 4 rings (SSSR count). The van der Waals surface area contributed by atoms with E-state index in [1.807, 2.05) is 41.2 Å². The van der Waals surface area contributed by atoms with Crippen molar-refractivity contribution >= 4 is 21.9 Å². The number of aromatic nitrogens is 2. The lowest BCUT2D eigenvalue weighted by molar-refractivity contribution is -0.146. The summed E-state index contributed by atoms with van der Waals surface area (Å²) in [7, 11) is 0. The fraction of sp³-hybridized carbons (Fsp3) is 0.238. The molecule has 0 radical (unpaired) electrons. The van der Waals surface area contributed by atoms with Crippen LogP contribution in [0, 0.1) is 5.92 Å². The van der Waals surface area contributed by atoms with Crippen molar-refractivity contribution in [3.05, 3.63) is 88.2 Å². The molecule has 0 amide bonds. The number of hydrogen-bond acceptors (Lipinski definition) is 3. The third-order valence-electron chi connectivity index (χ3n) is 4.65. The third kappa shape index (κ3) is 4.05. The van der Waals surface area contributed by atoms with Gasteiger partial charge in [0.25, 0.3) is 0 Å². The first-order valence-electron chi connectivity index (χ1n) is 8.66. The molecule has 1 heterocycles. The molecule has 0 unspecified atom stereocenters. The van der Waals surface area contributed by atoms with Crippen LogP contribution in [0.1, 0.15) is 29.0 Å². The van der Waals surface area contributed by atoms with Gasteiger partial charge in [-0.2, -0.15) is 5.10 Å². The SMILES string of the molecule is O=C(OCc1cnn(Cc2ccccc2)c1)[C@@H]1C[C@H]1c1ccc(Br)cc1. The molecule has 26 heavy (non-hydrogen) atoms. The summed E-state index contributed by atoms with van der Waals surface area (Å²) in [5.74, 6) is 0.153. The summed E-state index contributed by atoms with van der Waals surface area (Å²) in [6.07, 6.45) is 4.56. The molecule has 4 nitrogen and oxygen atoms in total. The first-order valence-corrected chi connectivity index (χ1v) is 9.46. The van der Waals surface area contributed by atoms with Crippen LogP contribution in [0.15, 0.2) is 71.5 Å². The van der Waals surface area contributed by atoms with Crippen molar-refractivity contribution in [2.75, 3.05) is 0 Å². The van der Waals surface area contributed by atoms with E-state index in [4.69, 9.17) is 4.74 Å². The van der Waals surface area contributed by atoms with Crippen molar-refractivity contribution in [1.82, 2.24) is 9.78 Å². The maximum Gasteiger partial charge on any atom is 0.309 e. The first kappa shape index (κ1) is 17.0. The largest absolute Gasteiger partial charge is 0.460 e. The summed E-state index contributed by atoms with van der Waals surface area (Å²) < 4.78 is 8.40. The second-order valence-corrected chi connectivity index (χ2v) is 7.56. The van der Waals surface area contributed by atoms with Crippen LogP contribution >= 0.6 is 15.9 Å². The summed E-state index contributed by atoms with van der Waals surface area (Å²) in [5, 5.41) is 4.34. The summed E-state index contributed by atoms with van der Waals surface area (Å²) in [6, 6.07) is 18.3. The monoisotopic (exact) mass is 410 g/mol. The van der Waals surface area contributed by atoms with Gasteiger partial charge in [-0.05, 0) is 35.6 Å².